The van der Waals surface area contributed by atoms with Gasteiger partial charge < -0.3 is 5.73 Å². The molecule has 1 aromatic carbocycles. The summed E-state index contributed by atoms with van der Waals surface area (Å²) in [6.07, 6.45) is 1.80. The number of anilines is 1. The smallest absolute Gasteiger partial charge is 0.102 e. The number of halogens is 1. The average Bonchev–Trinajstić information content (AvgIpc) is 2.45. The van der Waals surface area contributed by atoms with Crippen LogP contribution in [-0.2, 0) is 7.05 Å². The number of nitrogen functional groups attached to an aromatic ring is 1. The molecule has 1 aromatic heterocycles. The van der Waals surface area contributed by atoms with Crippen LogP contribution in [-0.4, -0.2) is 9.78 Å². The molecule has 0 aliphatic rings. The lowest BCUT2D eigenvalue weighted by molar-refractivity contribution is 0.780. The van der Waals surface area contributed by atoms with Crippen molar-refractivity contribution in [3.8, 4) is 6.07 Å². The van der Waals surface area contributed by atoms with E-state index in [1.54, 1.807) is 16.9 Å². The fourth-order valence-electron chi connectivity index (χ4n) is 1.35. The van der Waals surface area contributed by atoms with Gasteiger partial charge in [0.1, 0.15) is 6.07 Å². The topological polar surface area (TPSA) is 67.6 Å². The molecule has 0 fully saturated rings. The van der Waals surface area contributed by atoms with Crippen molar-refractivity contribution < 1.29 is 0 Å². The number of nitrogens with zero attached hydrogens (tertiary/aromatic N) is 3. The number of nitrogens with two attached hydrogens (primary N) is 1. The zero-order valence-electron chi connectivity index (χ0n) is 7.56. The van der Waals surface area contributed by atoms with Crippen LogP contribution >= 0.6 is 12.4 Å². The Morgan fingerprint density at radius 2 is 2.21 bits per heavy atom. The lowest BCUT2D eigenvalue weighted by Gasteiger charge is -1.95. The van der Waals surface area contributed by atoms with Gasteiger partial charge in [-0.25, -0.2) is 0 Å². The molecule has 72 valence electrons. The highest BCUT2D eigenvalue weighted by atomic mass is 35.5. The molecule has 1 heterocycles. The monoisotopic (exact) mass is 208 g/mol. The predicted octanol–water partition coefficient (Wildman–Crippen LogP) is 1.45. The molecule has 0 radical (unpaired) electrons. The molecule has 0 aliphatic carbocycles. The van der Waals surface area contributed by atoms with Crippen LogP contribution in [0.5, 0.6) is 0 Å². The molecule has 2 N–H and O–H groups in total. The van der Waals surface area contributed by atoms with Gasteiger partial charge in [0.05, 0.1) is 16.8 Å². The summed E-state index contributed by atoms with van der Waals surface area (Å²) < 4.78 is 1.67. The van der Waals surface area contributed by atoms with Crippen LogP contribution in [0.2, 0.25) is 0 Å². The Labute approximate surface area is 87.3 Å². The fraction of sp³-hybridized carbons (Fsp3) is 0.111. The summed E-state index contributed by atoms with van der Waals surface area (Å²) in [5, 5.41) is 13.8. The fourth-order valence-corrected chi connectivity index (χ4v) is 1.35. The number of hydrogen-bond acceptors (Lipinski definition) is 3. The highest BCUT2D eigenvalue weighted by molar-refractivity contribution is 5.89. The number of fused-ring (bicyclic) bond motifs is 1. The van der Waals surface area contributed by atoms with Gasteiger partial charge in [-0.2, -0.15) is 10.4 Å². The highest BCUT2D eigenvalue weighted by Crippen LogP contribution is 2.21. The molecule has 0 atom stereocenters. The van der Waals surface area contributed by atoms with Crippen molar-refractivity contribution in [2.24, 2.45) is 7.05 Å². The van der Waals surface area contributed by atoms with Crippen molar-refractivity contribution in [2.75, 3.05) is 5.73 Å². The van der Waals surface area contributed by atoms with Gasteiger partial charge in [0, 0.05) is 18.6 Å². The summed E-state index contributed by atoms with van der Waals surface area (Å²) in [7, 11) is 1.82. The normalized spacial score (nSPS) is 9.43. The molecule has 0 aliphatic heterocycles. The van der Waals surface area contributed by atoms with Crippen LogP contribution in [0.3, 0.4) is 0 Å². The van der Waals surface area contributed by atoms with Crippen LogP contribution in [0.4, 0.5) is 5.69 Å². The van der Waals surface area contributed by atoms with Crippen LogP contribution < -0.4 is 5.73 Å². The zero-order chi connectivity index (χ0) is 9.42. The molecule has 2 aromatic rings. The Kier molecular flexibility index (Phi) is 2.63. The zero-order valence-corrected chi connectivity index (χ0v) is 8.38. The summed E-state index contributed by atoms with van der Waals surface area (Å²) in [4.78, 5) is 0. The maximum absolute atomic E-state index is 8.86. The van der Waals surface area contributed by atoms with Crippen LogP contribution in [0.1, 0.15) is 5.56 Å². The molecular weight excluding hydrogens is 200 g/mol. The third kappa shape index (κ3) is 1.38. The van der Waals surface area contributed by atoms with E-state index in [2.05, 4.69) is 11.2 Å². The minimum Gasteiger partial charge on any atom is -0.398 e. The lowest BCUT2D eigenvalue weighted by atomic mass is 10.1. The minimum atomic E-state index is 0. The Bertz CT molecular complexity index is 509. The van der Waals surface area contributed by atoms with E-state index in [1.807, 2.05) is 13.1 Å². The maximum atomic E-state index is 8.86. The van der Waals surface area contributed by atoms with E-state index in [0.717, 1.165) is 10.9 Å². The number of aromatic nitrogens is 2. The van der Waals surface area contributed by atoms with Crippen LogP contribution in [0.15, 0.2) is 18.3 Å². The first-order valence-corrected chi connectivity index (χ1v) is 3.84. The predicted molar refractivity (Wildman–Crippen MR) is 57.1 cm³/mol. The molecule has 0 saturated heterocycles. The molecule has 0 unspecified atom stereocenters. The number of nitriles is 1. The SMILES string of the molecule is Cl.Cn1cc2c(C#N)c(N)ccc2n1. The molecule has 0 spiro atoms. The molecule has 14 heavy (non-hydrogen) atoms. The second kappa shape index (κ2) is 3.56. The number of aryl methyl sites for hydroxylation is 1. The van der Waals surface area contributed by atoms with E-state index < -0.39 is 0 Å². The van der Waals surface area contributed by atoms with Gasteiger partial charge in [0.15, 0.2) is 0 Å². The van der Waals surface area contributed by atoms with Gasteiger partial charge in [0.2, 0.25) is 0 Å². The van der Waals surface area contributed by atoms with Crippen LogP contribution in [0, 0.1) is 11.3 Å². The van der Waals surface area contributed by atoms with Crippen molar-refractivity contribution in [3.05, 3.63) is 23.9 Å². The van der Waals surface area contributed by atoms with E-state index in [9.17, 15) is 0 Å². The Hall–Kier alpha value is -1.73. The summed E-state index contributed by atoms with van der Waals surface area (Å²) >= 11 is 0. The first-order chi connectivity index (χ1) is 6.22. The summed E-state index contributed by atoms with van der Waals surface area (Å²) in [6, 6.07) is 5.59. The largest absolute Gasteiger partial charge is 0.398 e. The van der Waals surface area contributed by atoms with E-state index in [0.29, 0.717) is 11.3 Å². The number of benzene rings is 1. The van der Waals surface area contributed by atoms with Crippen molar-refractivity contribution in [1.82, 2.24) is 9.78 Å². The Morgan fingerprint density at radius 1 is 1.50 bits per heavy atom. The Morgan fingerprint density at radius 3 is 2.86 bits per heavy atom. The minimum absolute atomic E-state index is 0. The van der Waals surface area contributed by atoms with Crippen molar-refractivity contribution in [1.29, 1.82) is 5.26 Å². The van der Waals surface area contributed by atoms with Gasteiger partial charge in [-0.1, -0.05) is 0 Å². The molecule has 2 rings (SSSR count). The van der Waals surface area contributed by atoms with E-state index in [1.165, 1.54) is 0 Å². The summed E-state index contributed by atoms with van der Waals surface area (Å²) in [6.45, 7) is 0. The van der Waals surface area contributed by atoms with Crippen LogP contribution in [0.25, 0.3) is 10.9 Å². The van der Waals surface area contributed by atoms with Crippen molar-refractivity contribution in [2.45, 2.75) is 0 Å². The molecule has 4 nitrogen and oxygen atoms in total. The van der Waals surface area contributed by atoms with Gasteiger partial charge in [-0.05, 0) is 12.1 Å². The molecule has 5 heteroatoms. The van der Waals surface area contributed by atoms with Gasteiger partial charge >= 0.3 is 0 Å². The van der Waals surface area contributed by atoms with Gasteiger partial charge in [0.25, 0.3) is 0 Å². The molecule has 0 bridgehead atoms. The standard InChI is InChI=1S/C9H8N4.ClH/c1-13-5-7-6(4-10)8(11)2-3-9(7)12-13;/h2-3,5H,11H2,1H3;1H. The third-order valence-electron chi connectivity index (χ3n) is 1.95. The first-order valence-electron chi connectivity index (χ1n) is 3.84. The molecular formula is C9H9ClN4. The van der Waals surface area contributed by atoms with E-state index in [4.69, 9.17) is 11.0 Å². The van der Waals surface area contributed by atoms with Gasteiger partial charge in [-0.15, -0.1) is 12.4 Å². The average molecular weight is 209 g/mol. The van der Waals surface area contributed by atoms with Gasteiger partial charge in [-0.3, -0.25) is 4.68 Å². The molecule has 0 saturated carbocycles. The first kappa shape index (κ1) is 10.4. The highest BCUT2D eigenvalue weighted by Gasteiger charge is 2.06. The molecule has 0 amide bonds. The van der Waals surface area contributed by atoms with E-state index in [-0.39, 0.29) is 12.4 Å². The van der Waals surface area contributed by atoms with Crippen molar-refractivity contribution >= 4 is 29.0 Å². The van der Waals surface area contributed by atoms with Crippen molar-refractivity contribution in [3.63, 3.8) is 0 Å². The number of rotatable bonds is 0. The number of hydrogen-bond donors (Lipinski definition) is 1. The second-order valence-corrected chi connectivity index (χ2v) is 2.88. The summed E-state index contributed by atoms with van der Waals surface area (Å²) in [5.41, 5.74) is 7.45. The second-order valence-electron chi connectivity index (χ2n) is 2.88. The third-order valence-corrected chi connectivity index (χ3v) is 1.95. The summed E-state index contributed by atoms with van der Waals surface area (Å²) in [5.74, 6) is 0. The lowest BCUT2D eigenvalue weighted by Crippen LogP contribution is -1.89. The quantitative estimate of drug-likeness (QED) is 0.667. The van der Waals surface area contributed by atoms with E-state index >= 15 is 0 Å². The Balaban J connectivity index is 0.000000980. The maximum Gasteiger partial charge on any atom is 0.102 e.